The van der Waals surface area contributed by atoms with Crippen LogP contribution in [0.5, 0.6) is 0 Å². The molecule has 1 atom stereocenters. The molecule has 1 unspecified atom stereocenters. The van der Waals surface area contributed by atoms with Crippen molar-refractivity contribution in [2.75, 3.05) is 7.05 Å². The second-order valence-corrected chi connectivity index (χ2v) is 6.60. The van der Waals surface area contributed by atoms with Crippen molar-refractivity contribution < 1.29 is 9.18 Å². The minimum atomic E-state index is -0.418. The number of hydrogen-bond acceptors (Lipinski definition) is 1. The fourth-order valence-electron chi connectivity index (χ4n) is 2.12. The van der Waals surface area contributed by atoms with E-state index in [-0.39, 0.29) is 18.6 Å². The highest BCUT2D eigenvalue weighted by Crippen LogP contribution is 2.21. The van der Waals surface area contributed by atoms with Crippen molar-refractivity contribution in [2.24, 2.45) is 0 Å². The molecule has 0 radical (unpaired) electrons. The molecule has 2 amide bonds. The van der Waals surface area contributed by atoms with Gasteiger partial charge < -0.3 is 10.2 Å². The number of urea groups is 1. The third-order valence-corrected chi connectivity index (χ3v) is 4.40. The van der Waals surface area contributed by atoms with Gasteiger partial charge in [0.25, 0.3) is 0 Å². The van der Waals surface area contributed by atoms with Crippen molar-refractivity contribution in [1.29, 1.82) is 0 Å². The Bertz CT molecular complexity index is 673. The zero-order chi connectivity index (χ0) is 17.0. The lowest BCUT2D eigenvalue weighted by Gasteiger charge is -2.22. The third kappa shape index (κ3) is 4.69. The first-order chi connectivity index (χ1) is 10.9. The lowest BCUT2D eigenvalue weighted by Crippen LogP contribution is -2.38. The van der Waals surface area contributed by atoms with Crippen LogP contribution in [-0.4, -0.2) is 18.0 Å². The molecule has 0 fully saturated rings. The van der Waals surface area contributed by atoms with Crippen molar-refractivity contribution in [1.82, 2.24) is 10.2 Å². The van der Waals surface area contributed by atoms with Crippen molar-refractivity contribution >= 4 is 33.6 Å². The summed E-state index contributed by atoms with van der Waals surface area (Å²) < 4.78 is 14.8. The number of amides is 2. The molecule has 0 spiro atoms. The smallest absolute Gasteiger partial charge is 0.317 e. The van der Waals surface area contributed by atoms with E-state index in [0.717, 1.165) is 10.0 Å². The quantitative estimate of drug-likeness (QED) is 0.758. The number of carbonyl (C=O) groups excluding carboxylic acids is 1. The van der Waals surface area contributed by atoms with Gasteiger partial charge in [-0.15, -0.1) is 0 Å². The minimum Gasteiger partial charge on any atom is -0.331 e. The number of nitrogens with zero attached hydrogens (tertiary/aromatic N) is 1. The van der Waals surface area contributed by atoms with Crippen LogP contribution < -0.4 is 5.32 Å². The van der Waals surface area contributed by atoms with Crippen molar-refractivity contribution in [3.63, 3.8) is 0 Å². The molecule has 3 nitrogen and oxygen atoms in total. The Hall–Kier alpha value is -1.59. The summed E-state index contributed by atoms with van der Waals surface area (Å²) in [5, 5.41) is 3.19. The van der Waals surface area contributed by atoms with Crippen molar-refractivity contribution in [2.45, 2.75) is 19.5 Å². The third-order valence-electron chi connectivity index (χ3n) is 3.51. The van der Waals surface area contributed by atoms with E-state index in [1.54, 1.807) is 13.1 Å². The second-order valence-electron chi connectivity index (χ2n) is 5.28. The molecule has 2 rings (SSSR count). The zero-order valence-corrected chi connectivity index (χ0v) is 15.2. The molecule has 2 aromatic carbocycles. The Morgan fingerprint density at radius 2 is 1.96 bits per heavy atom. The van der Waals surface area contributed by atoms with Gasteiger partial charge in [-0.2, -0.15) is 0 Å². The summed E-state index contributed by atoms with van der Waals surface area (Å²) in [5.41, 5.74) is 1.29. The van der Waals surface area contributed by atoms with E-state index in [0.29, 0.717) is 10.6 Å². The first-order valence-corrected chi connectivity index (χ1v) is 8.25. The Kier molecular flexibility index (Phi) is 6.02. The van der Waals surface area contributed by atoms with Gasteiger partial charge in [-0.25, -0.2) is 9.18 Å². The molecular weight excluding hydrogens is 383 g/mol. The van der Waals surface area contributed by atoms with Gasteiger partial charge in [0.2, 0.25) is 0 Å². The molecule has 0 aliphatic heterocycles. The van der Waals surface area contributed by atoms with Gasteiger partial charge in [0.1, 0.15) is 5.82 Å². The maximum atomic E-state index is 13.8. The van der Waals surface area contributed by atoms with Crippen LogP contribution in [0.25, 0.3) is 0 Å². The molecule has 23 heavy (non-hydrogen) atoms. The SMILES string of the molecule is CC(NC(=O)N(C)Cc1c(F)cccc1Cl)c1ccc(Br)cc1. The topological polar surface area (TPSA) is 32.3 Å². The van der Waals surface area contributed by atoms with Crippen LogP contribution in [0, 0.1) is 5.82 Å². The van der Waals surface area contributed by atoms with Gasteiger partial charge in [0, 0.05) is 22.1 Å². The highest BCUT2D eigenvalue weighted by molar-refractivity contribution is 9.10. The highest BCUT2D eigenvalue weighted by Gasteiger charge is 2.16. The van der Waals surface area contributed by atoms with Gasteiger partial charge in [0.05, 0.1) is 12.6 Å². The molecule has 2 aromatic rings. The number of hydrogen-bond donors (Lipinski definition) is 1. The molecular formula is C17H17BrClFN2O. The molecule has 122 valence electrons. The summed E-state index contributed by atoms with van der Waals surface area (Å²) in [4.78, 5) is 13.7. The van der Waals surface area contributed by atoms with Crippen LogP contribution in [-0.2, 0) is 6.54 Å². The molecule has 0 saturated carbocycles. The number of nitrogens with one attached hydrogen (secondary N) is 1. The van der Waals surface area contributed by atoms with E-state index in [9.17, 15) is 9.18 Å². The number of halogens is 3. The second kappa shape index (κ2) is 7.79. The van der Waals surface area contributed by atoms with Gasteiger partial charge in [-0.1, -0.05) is 45.7 Å². The molecule has 0 aliphatic carbocycles. The van der Waals surface area contributed by atoms with Gasteiger partial charge in [-0.3, -0.25) is 0 Å². The summed E-state index contributed by atoms with van der Waals surface area (Å²) >= 11 is 9.37. The zero-order valence-electron chi connectivity index (χ0n) is 12.8. The minimum absolute atomic E-state index is 0.102. The van der Waals surface area contributed by atoms with Gasteiger partial charge >= 0.3 is 6.03 Å². The lowest BCUT2D eigenvalue weighted by molar-refractivity contribution is 0.203. The molecule has 0 aromatic heterocycles. The summed E-state index contributed by atoms with van der Waals surface area (Å²) in [6, 6.07) is 11.7. The number of benzene rings is 2. The van der Waals surface area contributed by atoms with Crippen LogP contribution >= 0.6 is 27.5 Å². The van der Waals surface area contributed by atoms with Gasteiger partial charge in [0.15, 0.2) is 0 Å². The Balaban J connectivity index is 2.01. The molecule has 6 heteroatoms. The maximum absolute atomic E-state index is 13.8. The van der Waals surface area contributed by atoms with E-state index in [2.05, 4.69) is 21.2 Å². The van der Waals surface area contributed by atoms with Crippen molar-refractivity contribution in [3.05, 3.63) is 68.9 Å². The summed E-state index contributed by atoms with van der Waals surface area (Å²) in [7, 11) is 1.60. The average molecular weight is 400 g/mol. The standard InChI is InChI=1S/C17H17BrClFN2O/c1-11(12-6-8-13(18)9-7-12)21-17(23)22(2)10-14-15(19)4-3-5-16(14)20/h3-9,11H,10H2,1-2H3,(H,21,23). The predicted molar refractivity (Wildman–Crippen MR) is 94.0 cm³/mol. The summed E-state index contributed by atoms with van der Waals surface area (Å²) in [5.74, 6) is -0.418. The molecule has 1 N–H and O–H groups in total. The lowest BCUT2D eigenvalue weighted by atomic mass is 10.1. The largest absolute Gasteiger partial charge is 0.331 e. The van der Waals surface area contributed by atoms with E-state index in [1.807, 2.05) is 31.2 Å². The number of rotatable bonds is 4. The van der Waals surface area contributed by atoms with Crippen LogP contribution in [0.3, 0.4) is 0 Å². The van der Waals surface area contributed by atoms with Crippen LogP contribution in [0.15, 0.2) is 46.9 Å². The predicted octanol–water partition coefficient (Wildman–Crippen LogP) is 5.14. The van der Waals surface area contributed by atoms with Crippen molar-refractivity contribution in [3.8, 4) is 0 Å². The Labute approximate surface area is 148 Å². The van der Waals surface area contributed by atoms with Crippen LogP contribution in [0.1, 0.15) is 24.1 Å². The van der Waals surface area contributed by atoms with E-state index in [4.69, 9.17) is 11.6 Å². The summed E-state index contributed by atoms with van der Waals surface area (Å²) in [6.07, 6.45) is 0. The molecule has 0 saturated heterocycles. The number of carbonyl (C=O) groups is 1. The van der Waals surface area contributed by atoms with E-state index < -0.39 is 5.82 Å². The first kappa shape index (κ1) is 17.8. The Morgan fingerprint density at radius 3 is 2.57 bits per heavy atom. The molecule has 0 bridgehead atoms. The maximum Gasteiger partial charge on any atom is 0.317 e. The first-order valence-electron chi connectivity index (χ1n) is 7.08. The normalized spacial score (nSPS) is 11.9. The molecule has 0 heterocycles. The highest BCUT2D eigenvalue weighted by atomic mass is 79.9. The molecule has 0 aliphatic rings. The van der Waals surface area contributed by atoms with Crippen LogP contribution in [0.4, 0.5) is 9.18 Å². The van der Waals surface area contributed by atoms with E-state index in [1.165, 1.54) is 17.0 Å². The Morgan fingerprint density at radius 1 is 1.30 bits per heavy atom. The van der Waals surface area contributed by atoms with E-state index >= 15 is 0 Å². The summed E-state index contributed by atoms with van der Waals surface area (Å²) in [6.45, 7) is 2.00. The van der Waals surface area contributed by atoms with Crippen LogP contribution in [0.2, 0.25) is 5.02 Å². The monoisotopic (exact) mass is 398 g/mol. The fraction of sp³-hybridized carbons (Fsp3) is 0.235. The fourth-order valence-corrected chi connectivity index (χ4v) is 2.61. The van der Waals surface area contributed by atoms with Gasteiger partial charge in [-0.05, 0) is 36.8 Å². The average Bonchev–Trinajstić information content (AvgIpc) is 2.51.